The van der Waals surface area contributed by atoms with Gasteiger partial charge in [-0.1, -0.05) is 0 Å². The highest BCUT2D eigenvalue weighted by molar-refractivity contribution is 5.98. The zero-order valence-electron chi connectivity index (χ0n) is 10.4. The molecule has 0 radical (unpaired) electrons. The summed E-state index contributed by atoms with van der Waals surface area (Å²) in [5, 5.41) is 27.8. The Balaban J connectivity index is 2.65. The molecule has 4 N–H and O–H groups in total. The van der Waals surface area contributed by atoms with Crippen LogP contribution in [0.4, 0.5) is 0 Å². The first kappa shape index (κ1) is 12.9. The Hall–Kier alpha value is -2.57. The van der Waals surface area contributed by atoms with Gasteiger partial charge in [0.05, 0.1) is 23.3 Å². The van der Waals surface area contributed by atoms with Crippen LogP contribution in [0.25, 0.3) is 0 Å². The van der Waals surface area contributed by atoms with Crippen molar-refractivity contribution in [2.45, 2.75) is 19.8 Å². The molecule has 0 fully saturated rings. The molecule has 0 bridgehead atoms. The largest absolute Gasteiger partial charge is 0.478 e. The van der Waals surface area contributed by atoms with Crippen molar-refractivity contribution in [2.75, 3.05) is 0 Å². The lowest BCUT2D eigenvalue weighted by Gasteiger charge is -2.27. The van der Waals surface area contributed by atoms with Gasteiger partial charge in [-0.15, -0.1) is 0 Å². The number of dihydropyridines is 1. The number of hydrogen-bond acceptors (Lipinski definition) is 4. The number of nitrogens with zero attached hydrogens (tertiary/aromatic N) is 1. The van der Waals surface area contributed by atoms with Gasteiger partial charge in [-0.3, -0.25) is 5.10 Å². The number of carboxylic acids is 2. The number of carboxylic acid groups (broad SMARTS) is 2. The van der Waals surface area contributed by atoms with Gasteiger partial charge in [0.15, 0.2) is 0 Å². The minimum absolute atomic E-state index is 0.0180. The monoisotopic (exact) mass is 263 g/mol. The first-order valence-electron chi connectivity index (χ1n) is 5.57. The molecule has 19 heavy (non-hydrogen) atoms. The minimum Gasteiger partial charge on any atom is -0.478 e. The molecule has 2 heterocycles. The molecule has 0 saturated carbocycles. The fourth-order valence-corrected chi connectivity index (χ4v) is 2.31. The van der Waals surface area contributed by atoms with E-state index in [0.717, 1.165) is 0 Å². The van der Waals surface area contributed by atoms with E-state index in [9.17, 15) is 19.8 Å². The first-order chi connectivity index (χ1) is 8.93. The van der Waals surface area contributed by atoms with Crippen LogP contribution in [0.15, 0.2) is 34.9 Å². The predicted molar refractivity (Wildman–Crippen MR) is 65.1 cm³/mol. The van der Waals surface area contributed by atoms with Crippen LogP contribution < -0.4 is 5.32 Å². The van der Waals surface area contributed by atoms with Gasteiger partial charge < -0.3 is 15.5 Å². The fourth-order valence-electron chi connectivity index (χ4n) is 2.31. The van der Waals surface area contributed by atoms with Crippen molar-refractivity contribution < 1.29 is 19.8 Å². The molecule has 1 aliphatic rings. The molecule has 0 spiro atoms. The van der Waals surface area contributed by atoms with Crippen LogP contribution in [0, 0.1) is 0 Å². The van der Waals surface area contributed by atoms with E-state index in [1.54, 1.807) is 13.8 Å². The van der Waals surface area contributed by atoms with Gasteiger partial charge >= 0.3 is 11.9 Å². The van der Waals surface area contributed by atoms with Crippen molar-refractivity contribution in [1.82, 2.24) is 15.5 Å². The molecule has 0 unspecified atom stereocenters. The first-order valence-corrected chi connectivity index (χ1v) is 5.57. The number of aromatic amines is 1. The van der Waals surface area contributed by atoms with Gasteiger partial charge in [-0.25, -0.2) is 9.59 Å². The third-order valence-electron chi connectivity index (χ3n) is 3.07. The van der Waals surface area contributed by atoms with Crippen LogP contribution in [-0.4, -0.2) is 32.3 Å². The maximum atomic E-state index is 11.4. The minimum atomic E-state index is -1.15. The summed E-state index contributed by atoms with van der Waals surface area (Å²) in [5.74, 6) is -3.14. The zero-order valence-corrected chi connectivity index (χ0v) is 10.4. The van der Waals surface area contributed by atoms with E-state index in [2.05, 4.69) is 15.5 Å². The second kappa shape index (κ2) is 4.60. The smallest absolute Gasteiger partial charge is 0.334 e. The van der Waals surface area contributed by atoms with Crippen LogP contribution in [0.2, 0.25) is 0 Å². The average molecular weight is 263 g/mol. The number of hydrogen-bond donors (Lipinski definition) is 4. The lowest BCUT2D eigenvalue weighted by Crippen LogP contribution is -2.30. The number of carbonyl (C=O) groups is 2. The van der Waals surface area contributed by atoms with E-state index in [1.807, 2.05) is 0 Å². The van der Waals surface area contributed by atoms with E-state index < -0.39 is 17.9 Å². The summed E-state index contributed by atoms with van der Waals surface area (Å²) < 4.78 is 0. The number of H-pyrrole nitrogens is 1. The van der Waals surface area contributed by atoms with Gasteiger partial charge in [-0.05, 0) is 13.8 Å². The van der Waals surface area contributed by atoms with E-state index in [1.165, 1.54) is 12.4 Å². The second-order valence-electron chi connectivity index (χ2n) is 4.28. The molecule has 0 aromatic carbocycles. The summed E-state index contributed by atoms with van der Waals surface area (Å²) >= 11 is 0. The number of allylic oxidation sites excluding steroid dienone is 2. The Morgan fingerprint density at radius 3 is 2.05 bits per heavy atom. The third kappa shape index (κ3) is 2.10. The van der Waals surface area contributed by atoms with Crippen LogP contribution in [0.3, 0.4) is 0 Å². The summed E-state index contributed by atoms with van der Waals surface area (Å²) in [6.07, 6.45) is 2.94. The molecule has 100 valence electrons. The molecular formula is C12H13N3O4. The standard InChI is InChI=1S/C12H13N3O4/c1-5-8(11(16)17)10(7-3-13-14-4-7)9(12(18)19)6(2)15-5/h3-4,10,15H,1-2H3,(H,13,14)(H,16,17)(H,18,19). The Morgan fingerprint density at radius 1 is 1.16 bits per heavy atom. The Kier molecular flexibility index (Phi) is 3.12. The Labute approximate surface area is 108 Å². The molecule has 7 heteroatoms. The fraction of sp³-hybridized carbons (Fsp3) is 0.250. The molecule has 0 atom stereocenters. The highest BCUT2D eigenvalue weighted by Crippen LogP contribution is 2.37. The van der Waals surface area contributed by atoms with Crippen molar-refractivity contribution in [2.24, 2.45) is 0 Å². The second-order valence-corrected chi connectivity index (χ2v) is 4.28. The average Bonchev–Trinajstić information content (AvgIpc) is 2.79. The zero-order chi connectivity index (χ0) is 14.2. The lowest BCUT2D eigenvalue weighted by atomic mass is 9.82. The lowest BCUT2D eigenvalue weighted by molar-refractivity contribution is -0.133. The summed E-state index contributed by atoms with van der Waals surface area (Å²) in [6.45, 7) is 3.22. The normalized spacial score (nSPS) is 16.5. The van der Waals surface area contributed by atoms with Crippen LogP contribution in [-0.2, 0) is 9.59 Å². The molecule has 1 aromatic rings. The van der Waals surface area contributed by atoms with Crippen LogP contribution >= 0.6 is 0 Å². The number of nitrogens with one attached hydrogen (secondary N) is 2. The molecule has 7 nitrogen and oxygen atoms in total. The summed E-state index contributed by atoms with van der Waals surface area (Å²) in [4.78, 5) is 22.8. The molecule has 0 saturated heterocycles. The summed E-state index contributed by atoms with van der Waals surface area (Å²) in [6, 6.07) is 0. The quantitative estimate of drug-likeness (QED) is 0.641. The van der Waals surface area contributed by atoms with Crippen molar-refractivity contribution in [1.29, 1.82) is 0 Å². The van der Waals surface area contributed by atoms with Gasteiger partial charge in [0.2, 0.25) is 0 Å². The van der Waals surface area contributed by atoms with Gasteiger partial charge in [0, 0.05) is 23.2 Å². The predicted octanol–water partition coefficient (Wildman–Crippen LogP) is 0.814. The van der Waals surface area contributed by atoms with Crippen LogP contribution in [0.1, 0.15) is 25.3 Å². The Bertz CT molecular complexity index is 563. The molecule has 0 amide bonds. The van der Waals surface area contributed by atoms with Gasteiger partial charge in [-0.2, -0.15) is 5.10 Å². The van der Waals surface area contributed by atoms with Crippen molar-refractivity contribution in [3.8, 4) is 0 Å². The van der Waals surface area contributed by atoms with Gasteiger partial charge in [0.25, 0.3) is 0 Å². The van der Waals surface area contributed by atoms with Crippen molar-refractivity contribution in [3.05, 3.63) is 40.5 Å². The molecule has 0 aliphatic carbocycles. The van der Waals surface area contributed by atoms with Crippen molar-refractivity contribution >= 4 is 11.9 Å². The highest BCUT2D eigenvalue weighted by atomic mass is 16.4. The Morgan fingerprint density at radius 2 is 1.68 bits per heavy atom. The SMILES string of the molecule is CC1=C(C(=O)O)C(c2cn[nH]c2)C(C(=O)O)=C(C)N1. The highest BCUT2D eigenvalue weighted by Gasteiger charge is 2.36. The topological polar surface area (TPSA) is 115 Å². The maximum absolute atomic E-state index is 11.4. The van der Waals surface area contributed by atoms with E-state index in [4.69, 9.17) is 0 Å². The van der Waals surface area contributed by atoms with E-state index >= 15 is 0 Å². The molecule has 1 aromatic heterocycles. The molecule has 2 rings (SSSR count). The summed E-state index contributed by atoms with van der Waals surface area (Å²) in [5.41, 5.74) is 1.41. The van der Waals surface area contributed by atoms with Crippen LogP contribution in [0.5, 0.6) is 0 Å². The summed E-state index contributed by atoms with van der Waals surface area (Å²) in [7, 11) is 0. The number of aromatic nitrogens is 2. The number of aliphatic carboxylic acids is 2. The number of rotatable bonds is 3. The molecule has 1 aliphatic heterocycles. The third-order valence-corrected chi connectivity index (χ3v) is 3.07. The van der Waals surface area contributed by atoms with Crippen molar-refractivity contribution in [3.63, 3.8) is 0 Å². The maximum Gasteiger partial charge on any atom is 0.334 e. The van der Waals surface area contributed by atoms with E-state index in [0.29, 0.717) is 17.0 Å². The molecular weight excluding hydrogens is 250 g/mol. The van der Waals surface area contributed by atoms with E-state index in [-0.39, 0.29) is 11.1 Å². The van der Waals surface area contributed by atoms with Gasteiger partial charge in [0.1, 0.15) is 0 Å².